The number of benzene rings is 2. The van der Waals surface area contributed by atoms with Gasteiger partial charge in [-0.2, -0.15) is 0 Å². The van der Waals surface area contributed by atoms with Gasteiger partial charge in [0.2, 0.25) is 5.91 Å². The van der Waals surface area contributed by atoms with E-state index in [0.717, 1.165) is 43.8 Å². The zero-order valence-electron chi connectivity index (χ0n) is 20.4. The minimum atomic E-state index is 0.000223. The van der Waals surface area contributed by atoms with E-state index in [0.29, 0.717) is 48.7 Å². The van der Waals surface area contributed by atoms with E-state index in [9.17, 15) is 4.79 Å². The molecule has 1 atom stereocenters. The second-order valence-corrected chi connectivity index (χ2v) is 10.0. The van der Waals surface area contributed by atoms with Gasteiger partial charge in [-0.25, -0.2) is 0 Å². The fourth-order valence-corrected chi connectivity index (χ4v) is 5.02. The first-order valence-corrected chi connectivity index (χ1v) is 12.5. The normalized spacial score (nSPS) is 18.1. The first kappa shape index (κ1) is 24.7. The number of fused-ring (bicyclic) bond motifs is 1. The number of hydrogen-bond donors (Lipinski definition) is 0. The number of methoxy groups -OCH3 is 1. The van der Waals surface area contributed by atoms with Gasteiger partial charge in [-0.15, -0.1) is 0 Å². The molecule has 4 rings (SSSR count). The van der Waals surface area contributed by atoms with Gasteiger partial charge in [-0.3, -0.25) is 9.69 Å². The van der Waals surface area contributed by atoms with Crippen molar-refractivity contribution in [1.29, 1.82) is 0 Å². The number of carbonyl (C=O) groups excluding carboxylic acids is 1. The summed E-state index contributed by atoms with van der Waals surface area (Å²) in [5.41, 5.74) is 2.17. The Labute approximate surface area is 207 Å². The summed E-state index contributed by atoms with van der Waals surface area (Å²) in [7, 11) is 1.68. The predicted octanol–water partition coefficient (Wildman–Crippen LogP) is 5.02. The van der Waals surface area contributed by atoms with Crippen LogP contribution < -0.4 is 14.2 Å². The molecule has 0 aliphatic carbocycles. The highest BCUT2D eigenvalue weighted by Crippen LogP contribution is 2.38. The van der Waals surface area contributed by atoms with Gasteiger partial charge in [0.1, 0.15) is 5.75 Å². The average Bonchev–Trinajstić information content (AvgIpc) is 3.13. The van der Waals surface area contributed by atoms with Crippen LogP contribution in [0.15, 0.2) is 36.4 Å². The third-order valence-corrected chi connectivity index (χ3v) is 6.58. The molecule has 1 amide bonds. The van der Waals surface area contributed by atoms with Crippen molar-refractivity contribution in [2.24, 2.45) is 11.8 Å². The van der Waals surface area contributed by atoms with Crippen molar-refractivity contribution in [3.8, 4) is 17.2 Å². The highest BCUT2D eigenvalue weighted by molar-refractivity contribution is 6.32. The molecule has 0 N–H and O–H groups in total. The van der Waals surface area contributed by atoms with Gasteiger partial charge in [0.15, 0.2) is 11.5 Å². The van der Waals surface area contributed by atoms with Gasteiger partial charge in [-0.1, -0.05) is 37.6 Å². The van der Waals surface area contributed by atoms with E-state index in [1.165, 1.54) is 5.56 Å². The molecule has 0 spiro atoms. The first-order chi connectivity index (χ1) is 16.4. The zero-order valence-corrected chi connectivity index (χ0v) is 21.1. The van der Waals surface area contributed by atoms with E-state index in [1.54, 1.807) is 7.11 Å². The Hall–Kier alpha value is -2.44. The number of hydrogen-bond acceptors (Lipinski definition) is 5. The maximum absolute atomic E-state index is 13.6. The maximum atomic E-state index is 13.6. The molecule has 34 heavy (non-hydrogen) atoms. The second kappa shape index (κ2) is 11.3. The highest BCUT2D eigenvalue weighted by Gasteiger charge is 2.32. The molecule has 0 radical (unpaired) electrons. The topological polar surface area (TPSA) is 51.2 Å². The molecule has 1 saturated heterocycles. The fourth-order valence-electron chi connectivity index (χ4n) is 4.73. The van der Waals surface area contributed by atoms with Gasteiger partial charge in [0, 0.05) is 32.6 Å². The van der Waals surface area contributed by atoms with Crippen LogP contribution >= 0.6 is 11.6 Å². The van der Waals surface area contributed by atoms with Gasteiger partial charge >= 0.3 is 0 Å². The molecule has 0 unspecified atom stereocenters. The Bertz CT molecular complexity index is 997. The molecular formula is C27H35ClN2O4. The number of halogens is 1. The molecule has 2 aromatic rings. The van der Waals surface area contributed by atoms with E-state index >= 15 is 0 Å². The van der Waals surface area contributed by atoms with Crippen LogP contribution in [0.4, 0.5) is 0 Å². The van der Waals surface area contributed by atoms with Gasteiger partial charge < -0.3 is 19.1 Å². The van der Waals surface area contributed by atoms with Crippen LogP contribution in [-0.2, 0) is 17.9 Å². The summed E-state index contributed by atoms with van der Waals surface area (Å²) < 4.78 is 17.0. The van der Waals surface area contributed by atoms with Crippen molar-refractivity contribution < 1.29 is 19.0 Å². The van der Waals surface area contributed by atoms with E-state index in [1.807, 2.05) is 29.2 Å². The lowest BCUT2D eigenvalue weighted by Gasteiger charge is -2.28. The van der Waals surface area contributed by atoms with Crippen molar-refractivity contribution in [1.82, 2.24) is 9.80 Å². The second-order valence-electron chi connectivity index (χ2n) is 9.64. The van der Waals surface area contributed by atoms with Crippen LogP contribution in [0.2, 0.25) is 5.02 Å². The van der Waals surface area contributed by atoms with Crippen molar-refractivity contribution in [2.75, 3.05) is 40.0 Å². The predicted molar refractivity (Wildman–Crippen MR) is 134 cm³/mol. The lowest BCUT2D eigenvalue weighted by atomic mass is 10.0. The van der Waals surface area contributed by atoms with Crippen molar-refractivity contribution in [3.63, 3.8) is 0 Å². The summed E-state index contributed by atoms with van der Waals surface area (Å²) in [5, 5.41) is 0.539. The van der Waals surface area contributed by atoms with Crippen LogP contribution in [0, 0.1) is 11.8 Å². The van der Waals surface area contributed by atoms with Crippen molar-refractivity contribution in [3.05, 3.63) is 52.5 Å². The molecule has 0 saturated carbocycles. The van der Waals surface area contributed by atoms with E-state index in [2.05, 4.69) is 30.9 Å². The van der Waals surface area contributed by atoms with Crippen molar-refractivity contribution >= 4 is 17.5 Å². The lowest BCUT2D eigenvalue weighted by Crippen LogP contribution is -2.39. The molecule has 184 valence electrons. The summed E-state index contributed by atoms with van der Waals surface area (Å²) in [5.74, 6) is 2.72. The Kier molecular flexibility index (Phi) is 8.22. The number of ether oxygens (including phenoxy) is 3. The van der Waals surface area contributed by atoms with Gasteiger partial charge in [0.05, 0.1) is 31.3 Å². The minimum Gasteiger partial charge on any atom is -0.497 e. The summed E-state index contributed by atoms with van der Waals surface area (Å²) in [6, 6.07) is 12.0. The molecule has 0 aromatic heterocycles. The largest absolute Gasteiger partial charge is 0.497 e. The summed E-state index contributed by atoms with van der Waals surface area (Å²) in [6.45, 7) is 9.21. The molecule has 2 aromatic carbocycles. The number of likely N-dealkylation sites (tertiary alicyclic amines) is 1. The third-order valence-electron chi connectivity index (χ3n) is 6.29. The monoisotopic (exact) mass is 486 g/mol. The molecule has 7 heteroatoms. The first-order valence-electron chi connectivity index (χ1n) is 12.1. The fraction of sp³-hybridized carbons (Fsp3) is 0.519. The van der Waals surface area contributed by atoms with Crippen LogP contribution in [0.5, 0.6) is 17.2 Å². The van der Waals surface area contributed by atoms with Crippen molar-refractivity contribution in [2.45, 2.75) is 39.8 Å². The maximum Gasteiger partial charge on any atom is 0.227 e. The van der Waals surface area contributed by atoms with Gasteiger partial charge in [-0.05, 0) is 54.3 Å². The van der Waals surface area contributed by atoms with Crippen LogP contribution in [-0.4, -0.2) is 55.7 Å². The van der Waals surface area contributed by atoms with Crippen LogP contribution in [0.25, 0.3) is 0 Å². The molecule has 1 fully saturated rings. The van der Waals surface area contributed by atoms with Gasteiger partial charge in [0.25, 0.3) is 0 Å². The highest BCUT2D eigenvalue weighted by atomic mass is 35.5. The number of carbonyl (C=O) groups is 1. The molecule has 2 heterocycles. The minimum absolute atomic E-state index is 0.000223. The number of amides is 1. The molecule has 6 nitrogen and oxygen atoms in total. The SMILES string of the molecule is COc1cccc(CN2CC[C@@H](C(=O)N(Cc3cc(Cl)c4c(c3)OCCCO4)CC(C)C)C2)c1. The van der Waals surface area contributed by atoms with E-state index in [-0.39, 0.29) is 11.8 Å². The molecule has 2 aliphatic heterocycles. The van der Waals surface area contributed by atoms with Crippen LogP contribution in [0.1, 0.15) is 37.8 Å². The number of rotatable bonds is 8. The third kappa shape index (κ3) is 6.16. The standard InChI is InChI=1S/C27H35ClN2O4/c1-19(2)15-30(17-21-13-24(28)26-25(14-21)33-10-5-11-34-26)27(31)22-8-9-29(18-22)16-20-6-4-7-23(12-20)32-3/h4,6-7,12-14,19,22H,5,8-11,15-18H2,1-3H3/t22-/m1/s1. The summed E-state index contributed by atoms with van der Waals surface area (Å²) in [4.78, 5) is 17.9. The van der Waals surface area contributed by atoms with E-state index in [4.69, 9.17) is 25.8 Å². The Morgan fingerprint density at radius 3 is 2.82 bits per heavy atom. The number of nitrogens with zero attached hydrogens (tertiary/aromatic N) is 2. The Morgan fingerprint density at radius 2 is 2.03 bits per heavy atom. The van der Waals surface area contributed by atoms with E-state index < -0.39 is 0 Å². The Morgan fingerprint density at radius 1 is 1.21 bits per heavy atom. The Balaban J connectivity index is 1.44. The molecule has 2 aliphatic rings. The summed E-state index contributed by atoms with van der Waals surface area (Å²) in [6.07, 6.45) is 1.70. The molecular weight excluding hydrogens is 452 g/mol. The quantitative estimate of drug-likeness (QED) is 0.524. The molecule has 0 bridgehead atoms. The summed E-state index contributed by atoms with van der Waals surface area (Å²) >= 11 is 6.51. The smallest absolute Gasteiger partial charge is 0.227 e. The lowest BCUT2D eigenvalue weighted by molar-refractivity contribution is -0.136. The average molecular weight is 487 g/mol. The zero-order chi connectivity index (χ0) is 24.1. The van der Waals surface area contributed by atoms with Crippen LogP contribution in [0.3, 0.4) is 0 Å².